The first-order valence-corrected chi connectivity index (χ1v) is 9.32. The summed E-state index contributed by atoms with van der Waals surface area (Å²) >= 11 is 0. The van der Waals surface area contributed by atoms with Crippen molar-refractivity contribution in [1.29, 1.82) is 0 Å². The number of imidazole rings is 1. The molecule has 5 heteroatoms. The third kappa shape index (κ3) is 5.43. The molecule has 2 aromatic heterocycles. The summed E-state index contributed by atoms with van der Waals surface area (Å²) < 4.78 is 3.74. The zero-order valence-corrected chi connectivity index (χ0v) is 18.7. The van der Waals surface area contributed by atoms with E-state index < -0.39 is 0 Å². The second kappa shape index (κ2) is 10.5. The fourth-order valence-corrected chi connectivity index (χ4v) is 2.91. The molecule has 0 aliphatic heterocycles. The number of aryl methyl sites for hydroxylation is 1. The Bertz CT molecular complexity index is 1150. The van der Waals surface area contributed by atoms with Crippen LogP contribution in [0.5, 0.6) is 0 Å². The van der Waals surface area contributed by atoms with Crippen LogP contribution in [0, 0.1) is 12.1 Å². The monoisotopic (exact) mass is 571 g/mol. The van der Waals surface area contributed by atoms with Crippen LogP contribution >= 0.6 is 0 Å². The summed E-state index contributed by atoms with van der Waals surface area (Å²) in [5.74, 6) is 0. The van der Waals surface area contributed by atoms with Crippen molar-refractivity contribution >= 4 is 0 Å². The van der Waals surface area contributed by atoms with Crippen molar-refractivity contribution in [2.24, 2.45) is 7.05 Å². The Hall–Kier alpha value is -3.23. The zero-order chi connectivity index (χ0) is 19.9. The van der Waals surface area contributed by atoms with Gasteiger partial charge in [0.2, 0.25) is 0 Å². The van der Waals surface area contributed by atoms with E-state index in [1.807, 2.05) is 83.3 Å². The van der Waals surface area contributed by atoms with Crippen molar-refractivity contribution in [3.8, 4) is 28.1 Å². The van der Waals surface area contributed by atoms with Gasteiger partial charge in [0.25, 0.3) is 0 Å². The van der Waals surface area contributed by atoms with Crippen LogP contribution in [0.3, 0.4) is 0 Å². The second-order valence-electron chi connectivity index (χ2n) is 6.48. The van der Waals surface area contributed by atoms with Crippen LogP contribution in [-0.2, 0) is 28.1 Å². The normalized spacial score (nSPS) is 9.90. The summed E-state index contributed by atoms with van der Waals surface area (Å²) in [5, 5.41) is 4.21. The molecule has 0 fully saturated rings. The molecule has 0 N–H and O–H groups in total. The maximum atomic E-state index is 4.22. The molecule has 0 aliphatic carbocycles. The van der Waals surface area contributed by atoms with Crippen molar-refractivity contribution in [3.63, 3.8) is 0 Å². The van der Waals surface area contributed by atoms with E-state index in [2.05, 4.69) is 46.5 Å². The van der Waals surface area contributed by atoms with Gasteiger partial charge >= 0.3 is 21.1 Å². The summed E-state index contributed by atoms with van der Waals surface area (Å²) in [6.45, 7) is 0. The molecule has 0 spiro atoms. The van der Waals surface area contributed by atoms with Crippen LogP contribution in [0.2, 0.25) is 0 Å². The topological polar surface area (TPSA) is 35.6 Å². The van der Waals surface area contributed by atoms with E-state index in [1.54, 1.807) is 12.5 Å². The van der Waals surface area contributed by atoms with Crippen LogP contribution in [0.4, 0.5) is 0 Å². The Labute approximate surface area is 191 Å². The largest absolute Gasteiger partial charge is 2.00 e. The second-order valence-corrected chi connectivity index (χ2v) is 6.48. The molecule has 0 saturated heterocycles. The maximum absolute atomic E-state index is 4.22. The molecule has 0 saturated carbocycles. The molecule has 5 aromatic rings. The molecule has 0 unspecified atom stereocenters. The summed E-state index contributed by atoms with van der Waals surface area (Å²) in [4.78, 5) is 4.22. The van der Waals surface area contributed by atoms with Gasteiger partial charge in [0.15, 0.2) is 0 Å². The first-order chi connectivity index (χ1) is 14.3. The standard InChI is InChI=1S/C15H11N2.C10H9N2.Pt/c1-2-6-13(7-3-1)14-8-4-9-15(12-14)17-11-5-10-16-17;1-12-7-10(11-8-12)9-5-3-2-4-6-9;/h1-8,10-12H;2-5,7-8H,1H3;/q2*-1;+2. The molecular formula is C25H20N4Pt. The number of nitrogens with zero attached hydrogens (tertiary/aromatic N) is 4. The molecule has 30 heavy (non-hydrogen) atoms. The molecule has 0 aliphatic rings. The van der Waals surface area contributed by atoms with Crippen molar-refractivity contribution in [3.05, 3.63) is 116 Å². The summed E-state index contributed by atoms with van der Waals surface area (Å²) in [6, 6.07) is 32.4. The number of aromatic nitrogens is 4. The Kier molecular flexibility index (Phi) is 7.53. The van der Waals surface area contributed by atoms with Crippen LogP contribution < -0.4 is 0 Å². The molecule has 0 radical (unpaired) electrons. The first-order valence-electron chi connectivity index (χ1n) is 9.32. The van der Waals surface area contributed by atoms with Gasteiger partial charge in [-0.3, -0.25) is 9.67 Å². The fourth-order valence-electron chi connectivity index (χ4n) is 2.91. The van der Waals surface area contributed by atoms with E-state index in [9.17, 15) is 0 Å². The number of benzene rings is 3. The van der Waals surface area contributed by atoms with E-state index in [4.69, 9.17) is 0 Å². The molecular weight excluding hydrogens is 551 g/mol. The summed E-state index contributed by atoms with van der Waals surface area (Å²) in [7, 11) is 1.96. The van der Waals surface area contributed by atoms with Crippen molar-refractivity contribution < 1.29 is 21.1 Å². The fraction of sp³-hybridized carbons (Fsp3) is 0.0400. The van der Waals surface area contributed by atoms with Gasteiger partial charge in [-0.25, -0.2) is 0 Å². The van der Waals surface area contributed by atoms with Crippen LogP contribution in [0.25, 0.3) is 28.1 Å². The predicted octanol–water partition coefficient (Wildman–Crippen LogP) is 5.22. The number of hydrogen-bond acceptors (Lipinski definition) is 2. The van der Waals surface area contributed by atoms with E-state index in [0.29, 0.717) is 0 Å². The molecule has 150 valence electrons. The van der Waals surface area contributed by atoms with Crippen molar-refractivity contribution in [2.75, 3.05) is 0 Å². The van der Waals surface area contributed by atoms with E-state index in [0.717, 1.165) is 16.9 Å². The van der Waals surface area contributed by atoms with Crippen LogP contribution in [0.15, 0.2) is 104 Å². The Morgan fingerprint density at radius 1 is 0.833 bits per heavy atom. The average Bonchev–Trinajstić information content (AvgIpc) is 3.48. The molecule has 0 bridgehead atoms. The minimum atomic E-state index is 0. The molecule has 3 aromatic carbocycles. The van der Waals surface area contributed by atoms with E-state index in [-0.39, 0.29) is 21.1 Å². The van der Waals surface area contributed by atoms with Gasteiger partial charge in [-0.2, -0.15) is 23.3 Å². The quantitative estimate of drug-likeness (QED) is 0.279. The van der Waals surface area contributed by atoms with Gasteiger partial charge in [0.1, 0.15) is 0 Å². The summed E-state index contributed by atoms with van der Waals surface area (Å²) in [6.07, 6.45) is 7.45. The van der Waals surface area contributed by atoms with Crippen LogP contribution in [0.1, 0.15) is 0 Å². The Balaban J connectivity index is 0.000000175. The van der Waals surface area contributed by atoms with Gasteiger partial charge in [-0.05, 0) is 23.5 Å². The molecule has 0 amide bonds. The Morgan fingerprint density at radius 3 is 2.33 bits per heavy atom. The van der Waals surface area contributed by atoms with Crippen LogP contribution in [-0.4, -0.2) is 19.3 Å². The minimum Gasteiger partial charge on any atom is -0.350 e. The smallest absolute Gasteiger partial charge is 0.350 e. The van der Waals surface area contributed by atoms with Gasteiger partial charge < -0.3 is 4.57 Å². The average molecular weight is 572 g/mol. The minimum absolute atomic E-state index is 0. The predicted molar refractivity (Wildman–Crippen MR) is 115 cm³/mol. The van der Waals surface area contributed by atoms with E-state index >= 15 is 0 Å². The van der Waals surface area contributed by atoms with Crippen molar-refractivity contribution in [1.82, 2.24) is 19.3 Å². The zero-order valence-electron chi connectivity index (χ0n) is 16.4. The number of hydrogen-bond donors (Lipinski definition) is 0. The molecule has 2 heterocycles. The molecule has 5 rings (SSSR count). The van der Waals surface area contributed by atoms with Gasteiger partial charge in [-0.15, -0.1) is 47.5 Å². The third-order valence-electron chi connectivity index (χ3n) is 4.33. The van der Waals surface area contributed by atoms with Crippen molar-refractivity contribution in [2.45, 2.75) is 0 Å². The van der Waals surface area contributed by atoms with E-state index in [1.165, 1.54) is 11.1 Å². The number of rotatable bonds is 3. The first kappa shape index (κ1) is 21.5. The van der Waals surface area contributed by atoms with Gasteiger partial charge in [0, 0.05) is 25.1 Å². The molecule has 4 nitrogen and oxygen atoms in total. The molecule has 0 atom stereocenters. The third-order valence-corrected chi connectivity index (χ3v) is 4.33. The van der Waals surface area contributed by atoms with Gasteiger partial charge in [-0.1, -0.05) is 30.3 Å². The Morgan fingerprint density at radius 2 is 1.67 bits per heavy atom. The maximum Gasteiger partial charge on any atom is 2.00 e. The van der Waals surface area contributed by atoms with Gasteiger partial charge in [0.05, 0.1) is 6.33 Å². The SMILES string of the molecule is Cn1cnc(-c2[c-]cccc2)c1.[Pt+2].[c-]1ccc(-c2ccccc2)cc1-n1cccn1. The summed E-state index contributed by atoms with van der Waals surface area (Å²) in [5.41, 5.74) is 5.34.